The van der Waals surface area contributed by atoms with Crippen molar-refractivity contribution in [3.8, 4) is 0 Å². The van der Waals surface area contributed by atoms with Crippen LogP contribution in [0.15, 0.2) is 5.16 Å². The van der Waals surface area contributed by atoms with Crippen molar-refractivity contribution in [3.63, 3.8) is 0 Å². The van der Waals surface area contributed by atoms with Crippen molar-refractivity contribution in [3.05, 3.63) is 0 Å². The fourth-order valence-corrected chi connectivity index (χ4v) is 1.68. The van der Waals surface area contributed by atoms with E-state index in [1.165, 1.54) is 0 Å². The van der Waals surface area contributed by atoms with Crippen LogP contribution in [0, 0.1) is 5.92 Å². The quantitative estimate of drug-likeness (QED) is 0.204. The molecule has 0 spiro atoms. The number of oxime groups is 1. The number of nitrogens with zero attached hydrogens (tertiary/aromatic N) is 1. The Labute approximate surface area is 94.8 Å². The monoisotopic (exact) mass is 229 g/mol. The van der Waals surface area contributed by atoms with Crippen molar-refractivity contribution >= 4 is 11.7 Å². The highest BCUT2D eigenvalue weighted by molar-refractivity contribution is 5.80. The highest BCUT2D eigenvalue weighted by atomic mass is 16.5. The minimum atomic E-state index is -0.0288. The topological polar surface area (TPSA) is 96.9 Å². The molecule has 0 aromatic rings. The molecule has 1 amide bonds. The summed E-state index contributed by atoms with van der Waals surface area (Å²) in [4.78, 5) is 11.6. The Morgan fingerprint density at radius 1 is 1.69 bits per heavy atom. The van der Waals surface area contributed by atoms with Crippen LogP contribution in [0.1, 0.15) is 26.2 Å². The van der Waals surface area contributed by atoms with Gasteiger partial charge >= 0.3 is 0 Å². The van der Waals surface area contributed by atoms with Gasteiger partial charge in [-0.15, -0.1) is 0 Å². The van der Waals surface area contributed by atoms with Crippen LogP contribution in [0.2, 0.25) is 0 Å². The van der Waals surface area contributed by atoms with Crippen LogP contribution >= 0.6 is 0 Å². The molecule has 0 aliphatic carbocycles. The second kappa shape index (κ2) is 6.32. The van der Waals surface area contributed by atoms with E-state index < -0.39 is 0 Å². The van der Waals surface area contributed by atoms with Gasteiger partial charge in [-0.25, -0.2) is 0 Å². The molecule has 0 saturated carbocycles. The summed E-state index contributed by atoms with van der Waals surface area (Å²) in [5.41, 5.74) is 5.30. The Kier molecular flexibility index (Phi) is 5.04. The molecule has 1 heterocycles. The molecule has 1 saturated heterocycles. The van der Waals surface area contributed by atoms with E-state index in [0.717, 1.165) is 6.42 Å². The number of nitrogens with two attached hydrogens (primary N) is 1. The molecular formula is C10H19N3O3. The molecule has 6 nitrogen and oxygen atoms in total. The molecule has 6 heteroatoms. The number of carbonyl (C=O) groups is 1. The predicted octanol–water partition coefficient (Wildman–Crippen LogP) is 0.0542. The van der Waals surface area contributed by atoms with Crippen molar-refractivity contribution in [2.75, 3.05) is 13.2 Å². The Morgan fingerprint density at radius 2 is 2.44 bits per heavy atom. The number of nitrogens with one attached hydrogen (secondary N) is 1. The molecule has 16 heavy (non-hydrogen) atoms. The molecule has 2 unspecified atom stereocenters. The third-order valence-corrected chi connectivity index (χ3v) is 2.61. The number of hydrogen-bond donors (Lipinski definition) is 3. The lowest BCUT2D eigenvalue weighted by Gasteiger charge is -2.08. The minimum Gasteiger partial charge on any atom is -0.409 e. The van der Waals surface area contributed by atoms with Crippen LogP contribution < -0.4 is 11.1 Å². The van der Waals surface area contributed by atoms with Crippen molar-refractivity contribution in [2.45, 2.75) is 32.3 Å². The summed E-state index contributed by atoms with van der Waals surface area (Å²) in [6.45, 7) is 3.01. The summed E-state index contributed by atoms with van der Waals surface area (Å²) in [7, 11) is 0. The highest BCUT2D eigenvalue weighted by Gasteiger charge is 2.27. The SMILES string of the molecule is CC1CC(C(=O)NCCCC(N)=NO)CO1. The van der Waals surface area contributed by atoms with Gasteiger partial charge in [0.2, 0.25) is 5.91 Å². The van der Waals surface area contributed by atoms with Crippen molar-refractivity contribution in [1.82, 2.24) is 5.32 Å². The van der Waals surface area contributed by atoms with Gasteiger partial charge in [0.25, 0.3) is 0 Å². The predicted molar refractivity (Wildman–Crippen MR) is 59.2 cm³/mol. The van der Waals surface area contributed by atoms with Crippen LogP contribution in [0.3, 0.4) is 0 Å². The van der Waals surface area contributed by atoms with E-state index in [0.29, 0.717) is 26.0 Å². The fraction of sp³-hybridized carbons (Fsp3) is 0.800. The molecule has 0 radical (unpaired) electrons. The molecule has 1 fully saturated rings. The van der Waals surface area contributed by atoms with E-state index in [4.69, 9.17) is 15.7 Å². The molecule has 1 aliphatic rings. The van der Waals surface area contributed by atoms with Gasteiger partial charge in [0.05, 0.1) is 18.6 Å². The Bertz CT molecular complexity index is 268. The molecular weight excluding hydrogens is 210 g/mol. The number of hydrogen-bond acceptors (Lipinski definition) is 4. The second-order valence-corrected chi connectivity index (χ2v) is 4.06. The minimum absolute atomic E-state index is 0.0288. The number of ether oxygens (including phenoxy) is 1. The zero-order valence-electron chi connectivity index (χ0n) is 9.48. The molecule has 0 aromatic heterocycles. The number of rotatable bonds is 5. The first kappa shape index (κ1) is 12.8. The van der Waals surface area contributed by atoms with Crippen molar-refractivity contribution in [2.24, 2.45) is 16.8 Å². The average molecular weight is 229 g/mol. The van der Waals surface area contributed by atoms with Gasteiger partial charge in [0.1, 0.15) is 5.84 Å². The number of amidine groups is 1. The van der Waals surface area contributed by atoms with E-state index in [2.05, 4.69) is 10.5 Å². The molecule has 0 aromatic carbocycles. The molecule has 4 N–H and O–H groups in total. The Balaban J connectivity index is 2.11. The maximum atomic E-state index is 11.6. The van der Waals surface area contributed by atoms with Crippen molar-refractivity contribution in [1.29, 1.82) is 0 Å². The Hall–Kier alpha value is -1.30. The normalized spacial score (nSPS) is 25.7. The third-order valence-electron chi connectivity index (χ3n) is 2.61. The highest BCUT2D eigenvalue weighted by Crippen LogP contribution is 2.18. The lowest BCUT2D eigenvalue weighted by molar-refractivity contribution is -0.124. The van der Waals surface area contributed by atoms with Crippen LogP contribution in [-0.4, -0.2) is 36.2 Å². The van der Waals surface area contributed by atoms with Crippen molar-refractivity contribution < 1.29 is 14.7 Å². The van der Waals surface area contributed by atoms with Gasteiger partial charge in [-0.1, -0.05) is 5.16 Å². The van der Waals surface area contributed by atoms with Crippen LogP contribution in [-0.2, 0) is 9.53 Å². The van der Waals surface area contributed by atoms with Crippen LogP contribution in [0.4, 0.5) is 0 Å². The zero-order valence-corrected chi connectivity index (χ0v) is 9.48. The van der Waals surface area contributed by atoms with Gasteiger partial charge in [-0.05, 0) is 19.8 Å². The lowest BCUT2D eigenvalue weighted by Crippen LogP contribution is -2.32. The summed E-state index contributed by atoms with van der Waals surface area (Å²) in [5.74, 6) is 0.190. The number of carbonyl (C=O) groups excluding carboxylic acids is 1. The van der Waals surface area contributed by atoms with E-state index in [9.17, 15) is 4.79 Å². The first-order valence-corrected chi connectivity index (χ1v) is 5.49. The van der Waals surface area contributed by atoms with E-state index in [1.807, 2.05) is 6.92 Å². The smallest absolute Gasteiger partial charge is 0.225 e. The van der Waals surface area contributed by atoms with E-state index >= 15 is 0 Å². The second-order valence-electron chi connectivity index (χ2n) is 4.06. The largest absolute Gasteiger partial charge is 0.409 e. The van der Waals surface area contributed by atoms with E-state index in [-0.39, 0.29) is 23.8 Å². The van der Waals surface area contributed by atoms with Gasteiger partial charge in [-0.2, -0.15) is 0 Å². The maximum Gasteiger partial charge on any atom is 0.225 e. The maximum absolute atomic E-state index is 11.6. The first-order valence-electron chi connectivity index (χ1n) is 5.49. The molecule has 1 aliphatic heterocycles. The van der Waals surface area contributed by atoms with E-state index in [1.54, 1.807) is 0 Å². The summed E-state index contributed by atoms with van der Waals surface area (Å²) in [6, 6.07) is 0. The Morgan fingerprint density at radius 3 is 3.00 bits per heavy atom. The van der Waals surface area contributed by atoms with Gasteiger partial charge in [0, 0.05) is 13.0 Å². The molecule has 2 atom stereocenters. The first-order chi connectivity index (χ1) is 7.63. The zero-order chi connectivity index (χ0) is 12.0. The molecule has 1 rings (SSSR count). The summed E-state index contributed by atoms with van der Waals surface area (Å²) in [5, 5.41) is 14.0. The average Bonchev–Trinajstić information content (AvgIpc) is 2.70. The lowest BCUT2D eigenvalue weighted by atomic mass is 10.1. The molecule has 0 bridgehead atoms. The van der Waals surface area contributed by atoms with Gasteiger partial charge < -0.3 is 21.0 Å². The van der Waals surface area contributed by atoms with Crippen LogP contribution in [0.5, 0.6) is 0 Å². The third kappa shape index (κ3) is 4.06. The van der Waals surface area contributed by atoms with Gasteiger partial charge in [-0.3, -0.25) is 4.79 Å². The summed E-state index contributed by atoms with van der Waals surface area (Å²) < 4.78 is 5.32. The molecule has 92 valence electrons. The van der Waals surface area contributed by atoms with Gasteiger partial charge in [0.15, 0.2) is 0 Å². The van der Waals surface area contributed by atoms with Crippen LogP contribution in [0.25, 0.3) is 0 Å². The standard InChI is InChI=1S/C10H19N3O3/c1-7-5-8(6-16-7)10(14)12-4-2-3-9(11)13-15/h7-8,15H,2-6H2,1H3,(H2,11,13)(H,12,14). The fourth-order valence-electron chi connectivity index (χ4n) is 1.68. The summed E-state index contributed by atoms with van der Waals surface area (Å²) in [6.07, 6.45) is 2.11. The number of amides is 1. The summed E-state index contributed by atoms with van der Waals surface area (Å²) >= 11 is 0.